The van der Waals surface area contributed by atoms with Gasteiger partial charge in [-0.15, -0.1) is 0 Å². The van der Waals surface area contributed by atoms with E-state index in [1.54, 1.807) is 31.3 Å². The van der Waals surface area contributed by atoms with E-state index in [0.29, 0.717) is 23.8 Å². The van der Waals surface area contributed by atoms with E-state index in [9.17, 15) is 19.7 Å². The van der Waals surface area contributed by atoms with Gasteiger partial charge in [0.2, 0.25) is 5.91 Å². The van der Waals surface area contributed by atoms with Gasteiger partial charge >= 0.3 is 0 Å². The fraction of sp³-hybridized carbons (Fsp3) is 0.364. The molecule has 2 aliphatic rings. The summed E-state index contributed by atoms with van der Waals surface area (Å²) in [5, 5.41) is 11.2. The number of amides is 2. The van der Waals surface area contributed by atoms with Crippen LogP contribution in [0, 0.1) is 10.1 Å². The van der Waals surface area contributed by atoms with E-state index in [0.717, 1.165) is 18.4 Å². The van der Waals surface area contributed by atoms with E-state index in [2.05, 4.69) is 0 Å². The lowest BCUT2D eigenvalue weighted by Crippen LogP contribution is -2.46. The molecule has 4 rings (SSSR count). The minimum Gasteiger partial charge on any atom is -0.497 e. The third-order valence-electron chi connectivity index (χ3n) is 5.76. The molecule has 0 aliphatic carbocycles. The van der Waals surface area contributed by atoms with Crippen LogP contribution in [0.25, 0.3) is 0 Å². The van der Waals surface area contributed by atoms with Gasteiger partial charge in [-0.1, -0.05) is 0 Å². The fourth-order valence-corrected chi connectivity index (χ4v) is 4.19. The number of anilines is 1. The van der Waals surface area contributed by atoms with Crippen LogP contribution in [0.2, 0.25) is 0 Å². The average molecular weight is 441 g/mol. The summed E-state index contributed by atoms with van der Waals surface area (Å²) >= 11 is 0. The van der Waals surface area contributed by atoms with Crippen molar-refractivity contribution in [2.24, 2.45) is 0 Å². The number of carbonyl (C=O) groups is 2. The Bertz CT molecular complexity index is 1070. The summed E-state index contributed by atoms with van der Waals surface area (Å²) in [6.07, 6.45) is 1.55. The van der Waals surface area contributed by atoms with Crippen molar-refractivity contribution in [1.82, 2.24) is 4.90 Å². The van der Waals surface area contributed by atoms with E-state index in [1.165, 1.54) is 23.1 Å². The van der Waals surface area contributed by atoms with Gasteiger partial charge in [0.25, 0.3) is 11.6 Å². The molecule has 0 radical (unpaired) electrons. The standard InChI is InChI=1S/C22H23N3O7/c1-30-15-6-8-19(31-2)16(11-15)17-4-3-9-23(17)21(26)12-24-18-10-14(25(28)29)5-7-20(18)32-13-22(24)27/h5-8,10-11,17H,3-4,9,12-13H2,1-2H3. The molecule has 0 aromatic heterocycles. The monoisotopic (exact) mass is 441 g/mol. The van der Waals surface area contributed by atoms with E-state index in [1.807, 2.05) is 6.07 Å². The Morgan fingerprint density at radius 1 is 1.22 bits per heavy atom. The lowest BCUT2D eigenvalue weighted by atomic mass is 10.0. The summed E-state index contributed by atoms with van der Waals surface area (Å²) in [7, 11) is 3.15. The van der Waals surface area contributed by atoms with Crippen molar-refractivity contribution < 1.29 is 28.7 Å². The highest BCUT2D eigenvalue weighted by Crippen LogP contribution is 2.40. The van der Waals surface area contributed by atoms with Crippen LogP contribution in [0.3, 0.4) is 0 Å². The second kappa shape index (κ2) is 8.74. The average Bonchev–Trinajstić information content (AvgIpc) is 3.30. The second-order valence-corrected chi connectivity index (χ2v) is 7.53. The molecule has 0 bridgehead atoms. The molecule has 2 amide bonds. The Labute approximate surface area is 184 Å². The molecule has 0 N–H and O–H groups in total. The largest absolute Gasteiger partial charge is 0.497 e. The van der Waals surface area contributed by atoms with Gasteiger partial charge in [-0.2, -0.15) is 0 Å². The number of nitro groups is 1. The van der Waals surface area contributed by atoms with Crippen molar-refractivity contribution in [3.8, 4) is 17.2 Å². The molecule has 0 saturated carbocycles. The van der Waals surface area contributed by atoms with Crippen molar-refractivity contribution in [1.29, 1.82) is 0 Å². The molecule has 32 heavy (non-hydrogen) atoms. The van der Waals surface area contributed by atoms with Crippen LogP contribution in [0.5, 0.6) is 17.2 Å². The van der Waals surface area contributed by atoms with Crippen LogP contribution < -0.4 is 19.1 Å². The molecule has 1 fully saturated rings. The number of non-ortho nitro benzene ring substituents is 1. The molecule has 2 heterocycles. The molecule has 1 atom stereocenters. The Balaban J connectivity index is 1.61. The minimum absolute atomic E-state index is 0.181. The smallest absolute Gasteiger partial charge is 0.271 e. The number of nitrogens with zero attached hydrogens (tertiary/aromatic N) is 3. The van der Waals surface area contributed by atoms with E-state index >= 15 is 0 Å². The van der Waals surface area contributed by atoms with E-state index < -0.39 is 10.8 Å². The van der Waals surface area contributed by atoms with Crippen LogP contribution in [-0.2, 0) is 9.59 Å². The third-order valence-corrected chi connectivity index (χ3v) is 5.76. The van der Waals surface area contributed by atoms with E-state index in [-0.39, 0.29) is 36.5 Å². The van der Waals surface area contributed by atoms with Crippen molar-refractivity contribution in [2.75, 3.05) is 38.8 Å². The number of likely N-dealkylation sites (tertiary alicyclic amines) is 1. The molecular formula is C22H23N3O7. The summed E-state index contributed by atoms with van der Waals surface area (Å²) in [5.74, 6) is 0.949. The Morgan fingerprint density at radius 3 is 2.75 bits per heavy atom. The lowest BCUT2D eigenvalue weighted by Gasteiger charge is -2.32. The summed E-state index contributed by atoms with van der Waals surface area (Å²) in [5.41, 5.74) is 0.875. The highest BCUT2D eigenvalue weighted by Gasteiger charge is 2.36. The maximum absolute atomic E-state index is 13.3. The van der Waals surface area contributed by atoms with Gasteiger partial charge in [-0.3, -0.25) is 24.6 Å². The SMILES string of the molecule is COc1ccc(OC)c(C2CCCN2C(=O)CN2C(=O)COc3ccc([N+](=O)[O-])cc32)c1. The number of nitro benzene ring substituents is 1. The Hall–Kier alpha value is -3.82. The lowest BCUT2D eigenvalue weighted by molar-refractivity contribution is -0.384. The highest BCUT2D eigenvalue weighted by atomic mass is 16.6. The second-order valence-electron chi connectivity index (χ2n) is 7.53. The maximum atomic E-state index is 13.3. The fourth-order valence-electron chi connectivity index (χ4n) is 4.19. The van der Waals surface area contributed by atoms with Crippen LogP contribution in [-0.4, -0.2) is 55.6 Å². The van der Waals surface area contributed by atoms with E-state index in [4.69, 9.17) is 14.2 Å². The zero-order valence-electron chi connectivity index (χ0n) is 17.8. The first kappa shape index (κ1) is 21.4. The summed E-state index contributed by atoms with van der Waals surface area (Å²) < 4.78 is 16.2. The number of carbonyl (C=O) groups excluding carboxylic acids is 2. The quantitative estimate of drug-likeness (QED) is 0.500. The van der Waals surface area contributed by atoms with Crippen molar-refractivity contribution in [3.05, 3.63) is 52.1 Å². The predicted octanol–water partition coefficient (Wildman–Crippen LogP) is 2.70. The van der Waals surface area contributed by atoms with Gasteiger partial charge in [0.1, 0.15) is 23.8 Å². The van der Waals surface area contributed by atoms with Crippen LogP contribution >= 0.6 is 0 Å². The predicted molar refractivity (Wildman–Crippen MR) is 114 cm³/mol. The number of benzene rings is 2. The molecule has 2 aromatic rings. The molecule has 168 valence electrons. The highest BCUT2D eigenvalue weighted by molar-refractivity contribution is 6.02. The Morgan fingerprint density at radius 2 is 2.03 bits per heavy atom. The zero-order valence-corrected chi connectivity index (χ0v) is 17.8. The van der Waals surface area contributed by atoms with Crippen LogP contribution in [0.15, 0.2) is 36.4 Å². The van der Waals surface area contributed by atoms with Crippen LogP contribution in [0.4, 0.5) is 11.4 Å². The molecule has 2 aliphatic heterocycles. The molecule has 1 saturated heterocycles. The number of methoxy groups -OCH3 is 2. The molecule has 1 unspecified atom stereocenters. The van der Waals surface area contributed by atoms with Gasteiger partial charge in [0.05, 0.1) is 30.9 Å². The molecule has 10 nitrogen and oxygen atoms in total. The Kier molecular flexibility index (Phi) is 5.85. The van der Waals surface area contributed by atoms with Crippen molar-refractivity contribution >= 4 is 23.2 Å². The van der Waals surface area contributed by atoms with Gasteiger partial charge in [-0.05, 0) is 37.1 Å². The number of hydrogen-bond donors (Lipinski definition) is 0. The summed E-state index contributed by atoms with van der Waals surface area (Å²) in [4.78, 5) is 39.5. The minimum atomic E-state index is -0.551. The summed E-state index contributed by atoms with van der Waals surface area (Å²) in [6.45, 7) is 0.0640. The number of fused-ring (bicyclic) bond motifs is 1. The zero-order chi connectivity index (χ0) is 22.8. The molecule has 2 aromatic carbocycles. The topological polar surface area (TPSA) is 111 Å². The van der Waals surface area contributed by atoms with Gasteiger partial charge in [0.15, 0.2) is 6.61 Å². The van der Waals surface area contributed by atoms with Crippen molar-refractivity contribution in [2.45, 2.75) is 18.9 Å². The first-order valence-corrected chi connectivity index (χ1v) is 10.2. The van der Waals surface area contributed by atoms with Crippen LogP contribution in [0.1, 0.15) is 24.4 Å². The van der Waals surface area contributed by atoms with Crippen molar-refractivity contribution in [3.63, 3.8) is 0 Å². The van der Waals surface area contributed by atoms with Gasteiger partial charge in [0, 0.05) is 24.2 Å². The summed E-state index contributed by atoms with van der Waals surface area (Å²) in [6, 6.07) is 9.22. The van der Waals surface area contributed by atoms with Gasteiger partial charge < -0.3 is 19.1 Å². The normalized spacial score (nSPS) is 17.6. The number of hydrogen-bond acceptors (Lipinski definition) is 7. The molecule has 10 heteroatoms. The third kappa shape index (κ3) is 3.91. The molecular weight excluding hydrogens is 418 g/mol. The number of ether oxygens (including phenoxy) is 3. The number of rotatable bonds is 6. The maximum Gasteiger partial charge on any atom is 0.271 e. The first-order valence-electron chi connectivity index (χ1n) is 10.2. The molecule has 0 spiro atoms. The van der Waals surface area contributed by atoms with Gasteiger partial charge in [-0.25, -0.2) is 0 Å². The first-order chi connectivity index (χ1) is 15.4.